The van der Waals surface area contributed by atoms with E-state index in [1.165, 1.54) is 0 Å². The topological polar surface area (TPSA) is 30.2 Å². The van der Waals surface area contributed by atoms with Crippen LogP contribution in [0, 0.1) is 6.92 Å². The van der Waals surface area contributed by atoms with Crippen molar-refractivity contribution in [3.8, 4) is 0 Å². The molecule has 0 spiro atoms. The quantitative estimate of drug-likeness (QED) is 0.710. The molecule has 1 heterocycles. The molecule has 0 aliphatic carbocycles. The highest BCUT2D eigenvalue weighted by Gasteiger charge is 2.06. The summed E-state index contributed by atoms with van der Waals surface area (Å²) in [5, 5.41) is 0.925. The van der Waals surface area contributed by atoms with E-state index in [4.69, 9.17) is 4.42 Å². The first-order chi connectivity index (χ1) is 7.09. The Morgan fingerprint density at radius 2 is 2.00 bits per heavy atom. The van der Waals surface area contributed by atoms with Gasteiger partial charge in [-0.25, -0.2) is 0 Å². The molecule has 1 aromatic heterocycles. The van der Waals surface area contributed by atoms with Gasteiger partial charge in [-0.2, -0.15) is 0 Å². The lowest BCUT2D eigenvalue weighted by atomic mass is 10.0. The molecule has 0 radical (unpaired) electrons. The van der Waals surface area contributed by atoms with E-state index < -0.39 is 0 Å². The third kappa shape index (κ3) is 1.67. The molecule has 0 aliphatic rings. The molecule has 15 heavy (non-hydrogen) atoms. The van der Waals surface area contributed by atoms with Crippen LogP contribution in [0.3, 0.4) is 0 Å². The van der Waals surface area contributed by atoms with Gasteiger partial charge >= 0.3 is 0 Å². The zero-order valence-electron chi connectivity index (χ0n) is 9.20. The Hall–Kier alpha value is -1.57. The third-order valence-electron chi connectivity index (χ3n) is 2.65. The zero-order valence-corrected chi connectivity index (χ0v) is 9.20. The molecule has 0 amide bonds. The summed E-state index contributed by atoms with van der Waals surface area (Å²) in [5.74, 6) is 0.411. The van der Waals surface area contributed by atoms with E-state index in [9.17, 15) is 4.79 Å². The molecule has 2 heteroatoms. The smallest absolute Gasteiger partial charge is 0.221 e. The molecule has 0 saturated carbocycles. The number of aryl methyl sites for hydroxylation is 1. The van der Waals surface area contributed by atoms with E-state index >= 15 is 0 Å². The minimum atomic E-state index is -0.0509. The van der Waals surface area contributed by atoms with Gasteiger partial charge in [0.1, 0.15) is 0 Å². The van der Waals surface area contributed by atoms with Gasteiger partial charge in [-0.3, -0.25) is 4.79 Å². The maximum absolute atomic E-state index is 11.7. The third-order valence-corrected chi connectivity index (χ3v) is 2.65. The van der Waals surface area contributed by atoms with Crippen molar-refractivity contribution in [1.29, 1.82) is 0 Å². The summed E-state index contributed by atoms with van der Waals surface area (Å²) in [6, 6.07) is 5.50. The van der Waals surface area contributed by atoms with E-state index in [0.717, 1.165) is 16.5 Å². The van der Waals surface area contributed by atoms with Gasteiger partial charge in [0, 0.05) is 5.39 Å². The number of hydrogen-bond acceptors (Lipinski definition) is 2. The van der Waals surface area contributed by atoms with Gasteiger partial charge in [0.25, 0.3) is 0 Å². The molecule has 0 bridgehead atoms. The highest BCUT2D eigenvalue weighted by atomic mass is 16.3. The first-order valence-corrected chi connectivity index (χ1v) is 5.11. The summed E-state index contributed by atoms with van der Waals surface area (Å²) in [7, 11) is 0. The first-order valence-electron chi connectivity index (χ1n) is 5.11. The Balaban J connectivity index is 2.89. The predicted octanol–water partition coefficient (Wildman–Crippen LogP) is 3.22. The predicted molar refractivity (Wildman–Crippen MR) is 61.3 cm³/mol. The Kier molecular flexibility index (Phi) is 2.35. The van der Waals surface area contributed by atoms with Gasteiger partial charge in [0.15, 0.2) is 5.58 Å². The van der Waals surface area contributed by atoms with Gasteiger partial charge in [0.2, 0.25) is 5.43 Å². The Labute approximate surface area is 88.5 Å². The number of fused-ring (bicyclic) bond motifs is 1. The van der Waals surface area contributed by atoms with Crippen LogP contribution in [-0.2, 0) is 0 Å². The SMILES string of the molecule is Cc1coc2c(=O)ccc(C(C)C)cc12. The van der Waals surface area contributed by atoms with Crippen molar-refractivity contribution in [1.82, 2.24) is 0 Å². The van der Waals surface area contributed by atoms with Crippen molar-refractivity contribution in [3.63, 3.8) is 0 Å². The van der Waals surface area contributed by atoms with Gasteiger partial charge in [-0.05, 0) is 36.1 Å². The van der Waals surface area contributed by atoms with E-state index in [1.54, 1.807) is 12.3 Å². The molecule has 1 aromatic carbocycles. The van der Waals surface area contributed by atoms with Crippen LogP contribution in [0.5, 0.6) is 0 Å². The van der Waals surface area contributed by atoms with Crippen molar-refractivity contribution >= 4 is 11.0 Å². The average Bonchev–Trinajstić information content (AvgIpc) is 2.43. The molecule has 78 valence electrons. The van der Waals surface area contributed by atoms with Crippen molar-refractivity contribution < 1.29 is 4.42 Å². The van der Waals surface area contributed by atoms with Crippen LogP contribution in [0.4, 0.5) is 0 Å². The maximum atomic E-state index is 11.7. The van der Waals surface area contributed by atoms with Crippen LogP contribution >= 0.6 is 0 Å². The van der Waals surface area contributed by atoms with Crippen LogP contribution in [-0.4, -0.2) is 0 Å². The van der Waals surface area contributed by atoms with Crippen LogP contribution in [0.2, 0.25) is 0 Å². The molecule has 2 rings (SSSR count). The Morgan fingerprint density at radius 3 is 2.67 bits per heavy atom. The van der Waals surface area contributed by atoms with Crippen molar-refractivity contribution in [2.24, 2.45) is 0 Å². The van der Waals surface area contributed by atoms with Gasteiger partial charge in [-0.15, -0.1) is 0 Å². The van der Waals surface area contributed by atoms with Crippen LogP contribution < -0.4 is 5.43 Å². The van der Waals surface area contributed by atoms with Gasteiger partial charge in [0.05, 0.1) is 6.26 Å². The highest BCUT2D eigenvalue weighted by Crippen LogP contribution is 2.21. The largest absolute Gasteiger partial charge is 0.460 e. The molecular weight excluding hydrogens is 188 g/mol. The second-order valence-electron chi connectivity index (χ2n) is 4.16. The summed E-state index contributed by atoms with van der Waals surface area (Å²) in [4.78, 5) is 11.7. The standard InChI is InChI=1S/C13H14O2/c1-8(2)10-4-5-12(14)13-11(6-10)9(3)7-15-13/h4-8H,1-3H3. The van der Waals surface area contributed by atoms with Crippen LogP contribution in [0.1, 0.15) is 30.9 Å². The second kappa shape index (κ2) is 3.54. The summed E-state index contributed by atoms with van der Waals surface area (Å²) in [5.41, 5.74) is 2.58. The van der Waals surface area contributed by atoms with Crippen molar-refractivity contribution in [3.05, 3.63) is 45.8 Å². The number of furan rings is 1. The lowest BCUT2D eigenvalue weighted by molar-refractivity contribution is 0.610. The second-order valence-corrected chi connectivity index (χ2v) is 4.16. The molecule has 0 aliphatic heterocycles. The summed E-state index contributed by atoms with van der Waals surface area (Å²) in [6.45, 7) is 6.18. The Morgan fingerprint density at radius 1 is 1.27 bits per heavy atom. The highest BCUT2D eigenvalue weighted by molar-refractivity contribution is 5.80. The molecule has 0 saturated heterocycles. The minimum absolute atomic E-state index is 0.0509. The van der Waals surface area contributed by atoms with Crippen molar-refractivity contribution in [2.75, 3.05) is 0 Å². The fourth-order valence-electron chi connectivity index (χ4n) is 1.65. The summed E-state index contributed by atoms with van der Waals surface area (Å²) in [6.07, 6.45) is 1.64. The van der Waals surface area contributed by atoms with E-state index in [0.29, 0.717) is 11.5 Å². The fourth-order valence-corrected chi connectivity index (χ4v) is 1.65. The molecule has 2 aromatic rings. The molecular formula is C13H14O2. The maximum Gasteiger partial charge on any atom is 0.221 e. The lowest BCUT2D eigenvalue weighted by Gasteiger charge is -2.00. The summed E-state index contributed by atoms with van der Waals surface area (Å²) >= 11 is 0. The normalized spacial score (nSPS) is 11.2. The van der Waals surface area contributed by atoms with Crippen LogP contribution in [0.25, 0.3) is 11.0 Å². The zero-order chi connectivity index (χ0) is 11.0. The summed E-state index contributed by atoms with van der Waals surface area (Å²) < 4.78 is 5.26. The van der Waals surface area contributed by atoms with Crippen LogP contribution in [0.15, 0.2) is 33.7 Å². The molecule has 0 atom stereocenters. The molecule has 0 fully saturated rings. The van der Waals surface area contributed by atoms with E-state index in [2.05, 4.69) is 13.8 Å². The van der Waals surface area contributed by atoms with E-state index in [1.807, 2.05) is 19.1 Å². The molecule has 0 unspecified atom stereocenters. The monoisotopic (exact) mass is 202 g/mol. The average molecular weight is 202 g/mol. The minimum Gasteiger partial charge on any atom is -0.460 e. The number of rotatable bonds is 1. The Bertz CT molecular complexity index is 550. The molecule has 0 N–H and O–H groups in total. The van der Waals surface area contributed by atoms with E-state index in [-0.39, 0.29) is 5.43 Å². The van der Waals surface area contributed by atoms with Gasteiger partial charge in [-0.1, -0.05) is 19.9 Å². The number of hydrogen-bond donors (Lipinski definition) is 0. The van der Waals surface area contributed by atoms with Gasteiger partial charge < -0.3 is 4.42 Å². The first kappa shape index (κ1) is 9.97. The fraction of sp³-hybridized carbons (Fsp3) is 0.308. The lowest BCUT2D eigenvalue weighted by Crippen LogP contribution is -1.91. The van der Waals surface area contributed by atoms with Crippen molar-refractivity contribution in [2.45, 2.75) is 26.7 Å². The molecule has 2 nitrogen and oxygen atoms in total.